The summed E-state index contributed by atoms with van der Waals surface area (Å²) in [5.41, 5.74) is 0. The minimum Gasteiger partial charge on any atom is -0.391 e. The summed E-state index contributed by atoms with van der Waals surface area (Å²) in [6.45, 7) is 5.16. The minimum atomic E-state index is -0.822. The molecular formula is C9H18N2O3. The highest BCUT2D eigenvalue weighted by Crippen LogP contribution is 1.91. The third kappa shape index (κ3) is 7.54. The molecule has 1 atom stereocenters. The topological polar surface area (TPSA) is 78.4 Å². The van der Waals surface area contributed by atoms with Crippen LogP contribution in [-0.4, -0.2) is 35.6 Å². The Morgan fingerprint density at radius 2 is 1.93 bits per heavy atom. The Morgan fingerprint density at radius 1 is 1.36 bits per heavy atom. The lowest BCUT2D eigenvalue weighted by Crippen LogP contribution is -2.37. The maximum absolute atomic E-state index is 11.1. The monoisotopic (exact) mass is 202 g/mol. The highest BCUT2D eigenvalue weighted by atomic mass is 16.3. The van der Waals surface area contributed by atoms with Gasteiger partial charge in [0.1, 0.15) is 0 Å². The van der Waals surface area contributed by atoms with Crippen LogP contribution in [0.1, 0.15) is 27.2 Å². The van der Waals surface area contributed by atoms with Gasteiger partial charge in [-0.15, -0.1) is 0 Å². The molecule has 3 N–H and O–H groups in total. The van der Waals surface area contributed by atoms with Gasteiger partial charge in [-0.25, -0.2) is 0 Å². The number of carbonyl (C=O) groups excluding carboxylic acids is 2. The second kappa shape index (κ2) is 6.37. The SMILES string of the molecule is CC(=O)NC[C@@H](O)CC(=O)NC(C)C. The zero-order valence-electron chi connectivity index (χ0n) is 8.83. The van der Waals surface area contributed by atoms with E-state index in [1.807, 2.05) is 13.8 Å². The van der Waals surface area contributed by atoms with E-state index >= 15 is 0 Å². The number of hydrogen-bond donors (Lipinski definition) is 3. The predicted molar refractivity (Wildman–Crippen MR) is 52.6 cm³/mol. The molecule has 0 aliphatic carbocycles. The van der Waals surface area contributed by atoms with Crippen molar-refractivity contribution in [3.63, 3.8) is 0 Å². The van der Waals surface area contributed by atoms with Gasteiger partial charge in [0.2, 0.25) is 11.8 Å². The van der Waals surface area contributed by atoms with Gasteiger partial charge in [0.25, 0.3) is 0 Å². The molecule has 0 aromatic carbocycles. The molecule has 0 radical (unpaired) electrons. The lowest BCUT2D eigenvalue weighted by molar-refractivity contribution is -0.124. The highest BCUT2D eigenvalue weighted by Gasteiger charge is 2.11. The molecule has 0 fully saturated rings. The largest absolute Gasteiger partial charge is 0.391 e. The van der Waals surface area contributed by atoms with Gasteiger partial charge in [-0.3, -0.25) is 9.59 Å². The number of aliphatic hydroxyl groups is 1. The van der Waals surface area contributed by atoms with Crippen molar-refractivity contribution in [1.82, 2.24) is 10.6 Å². The van der Waals surface area contributed by atoms with Crippen molar-refractivity contribution in [2.45, 2.75) is 39.3 Å². The smallest absolute Gasteiger partial charge is 0.222 e. The number of rotatable bonds is 5. The van der Waals surface area contributed by atoms with Crippen LogP contribution in [-0.2, 0) is 9.59 Å². The average molecular weight is 202 g/mol. The van der Waals surface area contributed by atoms with Crippen molar-refractivity contribution >= 4 is 11.8 Å². The van der Waals surface area contributed by atoms with Crippen molar-refractivity contribution in [1.29, 1.82) is 0 Å². The second-order valence-corrected chi connectivity index (χ2v) is 3.52. The van der Waals surface area contributed by atoms with E-state index < -0.39 is 6.10 Å². The summed E-state index contributed by atoms with van der Waals surface area (Å²) in [4.78, 5) is 21.6. The molecule has 0 heterocycles. The average Bonchev–Trinajstić information content (AvgIpc) is 1.98. The number of carbonyl (C=O) groups is 2. The normalized spacial score (nSPS) is 12.4. The quantitative estimate of drug-likeness (QED) is 0.557. The van der Waals surface area contributed by atoms with Gasteiger partial charge in [0.05, 0.1) is 12.5 Å². The third-order valence-electron chi connectivity index (χ3n) is 1.46. The van der Waals surface area contributed by atoms with E-state index in [0.29, 0.717) is 0 Å². The molecule has 5 heteroatoms. The predicted octanol–water partition coefficient (Wildman–Crippen LogP) is -0.602. The molecule has 2 amide bonds. The lowest BCUT2D eigenvalue weighted by atomic mass is 10.2. The first-order valence-electron chi connectivity index (χ1n) is 4.63. The van der Waals surface area contributed by atoms with Crippen molar-refractivity contribution < 1.29 is 14.7 Å². The molecule has 0 spiro atoms. The number of hydrogen-bond acceptors (Lipinski definition) is 3. The summed E-state index contributed by atoms with van der Waals surface area (Å²) >= 11 is 0. The van der Waals surface area contributed by atoms with Crippen LogP contribution in [0.3, 0.4) is 0 Å². The first-order valence-corrected chi connectivity index (χ1v) is 4.63. The molecule has 5 nitrogen and oxygen atoms in total. The zero-order chi connectivity index (χ0) is 11.1. The van der Waals surface area contributed by atoms with E-state index in [9.17, 15) is 14.7 Å². The van der Waals surface area contributed by atoms with Gasteiger partial charge < -0.3 is 15.7 Å². The fourth-order valence-corrected chi connectivity index (χ4v) is 0.929. The van der Waals surface area contributed by atoms with Gasteiger partial charge in [-0.05, 0) is 13.8 Å². The van der Waals surface area contributed by atoms with Crippen LogP contribution >= 0.6 is 0 Å². The molecule has 82 valence electrons. The Balaban J connectivity index is 3.65. The molecule has 0 bridgehead atoms. The first kappa shape index (κ1) is 12.9. The van der Waals surface area contributed by atoms with Crippen LogP contribution in [0.25, 0.3) is 0 Å². The van der Waals surface area contributed by atoms with E-state index in [-0.39, 0.29) is 30.8 Å². The standard InChI is InChI=1S/C9H18N2O3/c1-6(2)11-9(14)4-8(13)5-10-7(3)12/h6,8,13H,4-5H2,1-3H3,(H,10,12)(H,11,14)/t8-/m0/s1. The van der Waals surface area contributed by atoms with E-state index in [4.69, 9.17) is 0 Å². The Kier molecular flexibility index (Phi) is 5.87. The summed E-state index contributed by atoms with van der Waals surface area (Å²) in [6.07, 6.45) is -0.809. The second-order valence-electron chi connectivity index (χ2n) is 3.52. The van der Waals surface area contributed by atoms with E-state index in [1.54, 1.807) is 0 Å². The zero-order valence-corrected chi connectivity index (χ0v) is 8.83. The fourth-order valence-electron chi connectivity index (χ4n) is 0.929. The Bertz CT molecular complexity index is 204. The summed E-state index contributed by atoms with van der Waals surface area (Å²) in [5, 5.41) is 14.4. The minimum absolute atomic E-state index is 0.0124. The van der Waals surface area contributed by atoms with Gasteiger partial charge in [-0.2, -0.15) is 0 Å². The van der Waals surface area contributed by atoms with Crippen molar-refractivity contribution in [3.8, 4) is 0 Å². The molecule has 0 rings (SSSR count). The van der Waals surface area contributed by atoms with E-state index in [1.165, 1.54) is 6.92 Å². The van der Waals surface area contributed by atoms with Gasteiger partial charge in [0.15, 0.2) is 0 Å². The molecule has 0 aliphatic rings. The first-order chi connectivity index (χ1) is 6.41. The summed E-state index contributed by atoms with van der Waals surface area (Å²) in [7, 11) is 0. The maximum Gasteiger partial charge on any atom is 0.222 e. The molecule has 0 aromatic heterocycles. The number of nitrogens with one attached hydrogen (secondary N) is 2. The van der Waals surface area contributed by atoms with Crippen molar-refractivity contribution in [2.75, 3.05) is 6.54 Å². The van der Waals surface area contributed by atoms with Crippen LogP contribution in [0.5, 0.6) is 0 Å². The Morgan fingerprint density at radius 3 is 2.36 bits per heavy atom. The van der Waals surface area contributed by atoms with Gasteiger partial charge in [0, 0.05) is 19.5 Å². The molecule has 0 saturated heterocycles. The summed E-state index contributed by atoms with van der Waals surface area (Å²) in [6, 6.07) is 0.0652. The van der Waals surface area contributed by atoms with Crippen LogP contribution in [0.4, 0.5) is 0 Å². The Hall–Kier alpha value is -1.10. The van der Waals surface area contributed by atoms with Crippen LogP contribution < -0.4 is 10.6 Å². The number of amides is 2. The van der Waals surface area contributed by atoms with Gasteiger partial charge >= 0.3 is 0 Å². The summed E-state index contributed by atoms with van der Waals surface area (Å²) in [5.74, 6) is -0.425. The molecule has 14 heavy (non-hydrogen) atoms. The van der Waals surface area contributed by atoms with Crippen molar-refractivity contribution in [3.05, 3.63) is 0 Å². The highest BCUT2D eigenvalue weighted by molar-refractivity contribution is 5.77. The van der Waals surface area contributed by atoms with Crippen molar-refractivity contribution in [2.24, 2.45) is 0 Å². The fraction of sp³-hybridized carbons (Fsp3) is 0.778. The summed E-state index contributed by atoms with van der Waals surface area (Å²) < 4.78 is 0. The van der Waals surface area contributed by atoms with Crippen LogP contribution in [0.15, 0.2) is 0 Å². The molecule has 0 aliphatic heterocycles. The van der Waals surface area contributed by atoms with E-state index in [0.717, 1.165) is 0 Å². The van der Waals surface area contributed by atoms with Crippen LogP contribution in [0, 0.1) is 0 Å². The van der Waals surface area contributed by atoms with Gasteiger partial charge in [-0.1, -0.05) is 0 Å². The Labute approximate surface area is 83.9 Å². The molecular weight excluding hydrogens is 184 g/mol. The molecule has 0 saturated carbocycles. The van der Waals surface area contributed by atoms with E-state index in [2.05, 4.69) is 10.6 Å². The molecule has 0 unspecified atom stereocenters. The lowest BCUT2D eigenvalue weighted by Gasteiger charge is -2.12. The molecule has 0 aromatic rings. The maximum atomic E-state index is 11.1. The number of aliphatic hydroxyl groups excluding tert-OH is 1. The third-order valence-corrected chi connectivity index (χ3v) is 1.46. The van der Waals surface area contributed by atoms with Crippen LogP contribution in [0.2, 0.25) is 0 Å².